The molecule has 2 rings (SSSR count). The van der Waals surface area contributed by atoms with Crippen LogP contribution < -0.4 is 11.3 Å². The number of benzene rings is 1. The molecule has 1 aliphatic heterocycles. The average molecular weight is 317 g/mol. The Hall–Kier alpha value is -0.360. The number of nitrogens with two attached hydrogens (primary N) is 1. The molecular weight excluding hydrogens is 295 g/mol. The maximum absolute atomic E-state index is 6.35. The Bertz CT molecular complexity index is 455. The molecule has 0 aliphatic carbocycles. The third kappa shape index (κ3) is 3.45. The van der Waals surface area contributed by atoms with E-state index in [9.17, 15) is 0 Å². The van der Waals surface area contributed by atoms with E-state index in [1.165, 1.54) is 0 Å². The predicted molar refractivity (Wildman–Crippen MR) is 85.1 cm³/mol. The molecule has 1 heterocycles. The summed E-state index contributed by atoms with van der Waals surface area (Å²) in [6.45, 7) is 3.08. The third-order valence-corrected chi connectivity index (χ3v) is 4.83. The standard InChI is InChI=1S/C14H22Cl2N4/c1-19-7-4-8-20(2)12(9-19)14(18-17)10-5-3-6-11(15)13(10)16/h3,5-6,12,14,18H,4,7-9,17H2,1-2H3. The molecule has 1 fully saturated rings. The summed E-state index contributed by atoms with van der Waals surface area (Å²) in [5.74, 6) is 5.82. The number of likely N-dealkylation sites (N-methyl/N-ethyl adjacent to an activating group) is 2. The SMILES string of the molecule is CN1CCCN(C)C(C(NN)c2cccc(Cl)c2Cl)C1. The second-order valence-corrected chi connectivity index (χ2v) is 6.24. The van der Waals surface area contributed by atoms with Crippen molar-refractivity contribution >= 4 is 23.2 Å². The molecule has 1 aromatic rings. The number of nitrogens with one attached hydrogen (secondary N) is 1. The molecule has 0 aromatic heterocycles. The normalized spacial score (nSPS) is 23.6. The second-order valence-electron chi connectivity index (χ2n) is 5.45. The molecular formula is C14H22Cl2N4. The lowest BCUT2D eigenvalue weighted by Gasteiger charge is -2.34. The van der Waals surface area contributed by atoms with Crippen molar-refractivity contribution in [2.45, 2.75) is 18.5 Å². The highest BCUT2D eigenvalue weighted by Gasteiger charge is 2.30. The van der Waals surface area contributed by atoms with Crippen LogP contribution in [0.25, 0.3) is 0 Å². The van der Waals surface area contributed by atoms with Crippen LogP contribution >= 0.6 is 23.2 Å². The van der Waals surface area contributed by atoms with Gasteiger partial charge in [-0.05, 0) is 45.2 Å². The van der Waals surface area contributed by atoms with Crippen molar-refractivity contribution < 1.29 is 0 Å². The fourth-order valence-corrected chi connectivity index (χ4v) is 3.26. The van der Waals surface area contributed by atoms with E-state index in [1.54, 1.807) is 6.07 Å². The van der Waals surface area contributed by atoms with E-state index >= 15 is 0 Å². The molecule has 20 heavy (non-hydrogen) atoms. The van der Waals surface area contributed by atoms with Crippen LogP contribution in [0.4, 0.5) is 0 Å². The summed E-state index contributed by atoms with van der Waals surface area (Å²) >= 11 is 12.5. The smallest absolute Gasteiger partial charge is 0.0642 e. The van der Waals surface area contributed by atoms with E-state index in [-0.39, 0.29) is 12.1 Å². The monoisotopic (exact) mass is 316 g/mol. The highest BCUT2D eigenvalue weighted by Crippen LogP contribution is 2.32. The van der Waals surface area contributed by atoms with Crippen molar-refractivity contribution in [3.05, 3.63) is 33.8 Å². The van der Waals surface area contributed by atoms with Crippen molar-refractivity contribution in [1.29, 1.82) is 0 Å². The number of hydrazine groups is 1. The van der Waals surface area contributed by atoms with Crippen LogP contribution in [0.2, 0.25) is 10.0 Å². The molecule has 0 radical (unpaired) electrons. The molecule has 2 atom stereocenters. The van der Waals surface area contributed by atoms with E-state index in [2.05, 4.69) is 29.3 Å². The highest BCUT2D eigenvalue weighted by atomic mass is 35.5. The van der Waals surface area contributed by atoms with Crippen molar-refractivity contribution in [2.75, 3.05) is 33.7 Å². The molecule has 0 bridgehead atoms. The molecule has 1 aliphatic rings. The molecule has 1 aromatic carbocycles. The number of rotatable bonds is 3. The van der Waals surface area contributed by atoms with Crippen molar-refractivity contribution in [1.82, 2.24) is 15.2 Å². The Balaban J connectivity index is 2.32. The van der Waals surface area contributed by atoms with Crippen LogP contribution in [-0.2, 0) is 0 Å². The zero-order valence-electron chi connectivity index (χ0n) is 11.9. The summed E-state index contributed by atoms with van der Waals surface area (Å²) in [4.78, 5) is 4.67. The zero-order chi connectivity index (χ0) is 14.7. The van der Waals surface area contributed by atoms with E-state index in [4.69, 9.17) is 29.0 Å². The fraction of sp³-hybridized carbons (Fsp3) is 0.571. The molecule has 4 nitrogen and oxygen atoms in total. The van der Waals surface area contributed by atoms with Gasteiger partial charge in [-0.2, -0.15) is 0 Å². The maximum atomic E-state index is 6.35. The van der Waals surface area contributed by atoms with Gasteiger partial charge in [0.2, 0.25) is 0 Å². The van der Waals surface area contributed by atoms with Crippen LogP contribution in [-0.4, -0.2) is 49.6 Å². The van der Waals surface area contributed by atoms with Gasteiger partial charge in [0, 0.05) is 12.6 Å². The van der Waals surface area contributed by atoms with E-state index in [1.807, 2.05) is 12.1 Å². The van der Waals surface area contributed by atoms with Gasteiger partial charge < -0.3 is 9.80 Å². The Labute approximate surface area is 130 Å². The predicted octanol–water partition coefficient (Wildman–Crippen LogP) is 2.13. The zero-order valence-corrected chi connectivity index (χ0v) is 13.5. The number of halogens is 2. The Kier molecular flexibility index (Phi) is 5.66. The molecule has 6 heteroatoms. The van der Waals surface area contributed by atoms with Crippen LogP contribution in [0.1, 0.15) is 18.0 Å². The first-order valence-corrected chi connectivity index (χ1v) is 7.59. The Morgan fingerprint density at radius 3 is 2.75 bits per heavy atom. The minimum absolute atomic E-state index is 0.0493. The second kappa shape index (κ2) is 7.07. The number of nitrogens with zero attached hydrogens (tertiary/aromatic N) is 2. The summed E-state index contributed by atoms with van der Waals surface area (Å²) in [6, 6.07) is 5.89. The summed E-state index contributed by atoms with van der Waals surface area (Å²) in [5, 5.41) is 1.14. The topological polar surface area (TPSA) is 44.5 Å². The highest BCUT2D eigenvalue weighted by molar-refractivity contribution is 6.42. The molecule has 112 valence electrons. The molecule has 1 saturated heterocycles. The van der Waals surface area contributed by atoms with Gasteiger partial charge in [-0.25, -0.2) is 0 Å². The lowest BCUT2D eigenvalue weighted by molar-refractivity contribution is 0.178. The van der Waals surface area contributed by atoms with E-state index < -0.39 is 0 Å². The van der Waals surface area contributed by atoms with Gasteiger partial charge in [0.1, 0.15) is 0 Å². The Morgan fingerprint density at radius 1 is 1.30 bits per heavy atom. The third-order valence-electron chi connectivity index (χ3n) is 4.00. The van der Waals surface area contributed by atoms with Gasteiger partial charge in [-0.15, -0.1) is 0 Å². The number of hydrogen-bond donors (Lipinski definition) is 2. The van der Waals surface area contributed by atoms with Gasteiger partial charge in [-0.1, -0.05) is 35.3 Å². The lowest BCUT2D eigenvalue weighted by Crippen LogP contribution is -2.49. The van der Waals surface area contributed by atoms with Crippen molar-refractivity contribution in [3.8, 4) is 0 Å². The molecule has 3 N–H and O–H groups in total. The largest absolute Gasteiger partial charge is 0.305 e. The molecule has 0 amide bonds. The van der Waals surface area contributed by atoms with Crippen LogP contribution in [0, 0.1) is 0 Å². The quantitative estimate of drug-likeness (QED) is 0.662. The maximum Gasteiger partial charge on any atom is 0.0642 e. The fourth-order valence-electron chi connectivity index (χ4n) is 2.83. The first-order chi connectivity index (χ1) is 9.54. The average Bonchev–Trinajstić information content (AvgIpc) is 2.58. The minimum atomic E-state index is -0.0493. The van der Waals surface area contributed by atoms with E-state index in [0.717, 1.165) is 31.6 Å². The van der Waals surface area contributed by atoms with Gasteiger partial charge in [0.15, 0.2) is 0 Å². The van der Waals surface area contributed by atoms with E-state index in [0.29, 0.717) is 10.0 Å². The Morgan fingerprint density at radius 2 is 2.05 bits per heavy atom. The number of hydrogen-bond acceptors (Lipinski definition) is 4. The lowest BCUT2D eigenvalue weighted by atomic mass is 9.98. The van der Waals surface area contributed by atoms with Crippen LogP contribution in [0.3, 0.4) is 0 Å². The minimum Gasteiger partial charge on any atom is -0.305 e. The van der Waals surface area contributed by atoms with Crippen molar-refractivity contribution in [3.63, 3.8) is 0 Å². The molecule has 0 saturated carbocycles. The summed E-state index contributed by atoms with van der Waals surface area (Å²) < 4.78 is 0. The summed E-state index contributed by atoms with van der Waals surface area (Å²) in [7, 11) is 4.27. The first-order valence-electron chi connectivity index (χ1n) is 6.83. The van der Waals surface area contributed by atoms with Gasteiger partial charge in [-0.3, -0.25) is 11.3 Å². The van der Waals surface area contributed by atoms with Crippen LogP contribution in [0.5, 0.6) is 0 Å². The van der Waals surface area contributed by atoms with Gasteiger partial charge >= 0.3 is 0 Å². The summed E-state index contributed by atoms with van der Waals surface area (Å²) in [6.07, 6.45) is 1.16. The molecule has 2 unspecified atom stereocenters. The van der Waals surface area contributed by atoms with Crippen LogP contribution in [0.15, 0.2) is 18.2 Å². The van der Waals surface area contributed by atoms with Crippen molar-refractivity contribution in [2.24, 2.45) is 5.84 Å². The first kappa shape index (κ1) is 16.0. The summed E-state index contributed by atoms with van der Waals surface area (Å²) in [5.41, 5.74) is 3.88. The molecule has 0 spiro atoms. The van der Waals surface area contributed by atoms with Gasteiger partial charge in [0.25, 0.3) is 0 Å². The van der Waals surface area contributed by atoms with Gasteiger partial charge in [0.05, 0.1) is 16.1 Å².